The maximum absolute atomic E-state index is 12.1. The van der Waals surface area contributed by atoms with Crippen LogP contribution in [0.2, 0.25) is 0 Å². The molecule has 0 spiro atoms. The van der Waals surface area contributed by atoms with Gasteiger partial charge >= 0.3 is 0 Å². The average molecular weight is 155 g/mol. The molecular formula is C4H8ClFN2O. The Labute approximate surface area is 58.4 Å². The lowest BCUT2D eigenvalue weighted by atomic mass is 10.1. The Morgan fingerprint density at radius 3 is 2.33 bits per heavy atom. The summed E-state index contributed by atoms with van der Waals surface area (Å²) in [6, 6.07) is -0.903. The van der Waals surface area contributed by atoms with Crippen molar-refractivity contribution >= 4 is 18.3 Å². The summed E-state index contributed by atoms with van der Waals surface area (Å²) in [6.07, 6.45) is -1.26. The molecule has 1 saturated heterocycles. The van der Waals surface area contributed by atoms with Gasteiger partial charge in [-0.15, -0.1) is 12.4 Å². The zero-order valence-corrected chi connectivity index (χ0v) is 5.69. The lowest BCUT2D eigenvalue weighted by molar-refractivity contribution is -0.155. The maximum Gasteiger partial charge on any atom is 0.246 e. The highest BCUT2D eigenvalue weighted by atomic mass is 35.5. The number of likely N-dealkylation sites (N-methyl/N-ethyl adjacent to an activating group) is 1. The number of likely N-dealkylation sites (tertiary alicyclic amines) is 1. The molecule has 2 atom stereocenters. The zero-order valence-electron chi connectivity index (χ0n) is 4.87. The smallest absolute Gasteiger partial charge is 0.246 e. The first-order chi connectivity index (χ1) is 3.64. The number of carbonyl (C=O) groups is 1. The molecule has 0 aromatic rings. The normalized spacial score (nSPS) is 33.2. The standard InChI is InChI=1S/C4H7FN2O.ClH/c1-7-3(5)2(6)4(7)8;/h2-3H,6H2,1H3;1H. The number of β-lactam (4-membered cyclic amide) rings is 1. The van der Waals surface area contributed by atoms with Gasteiger partial charge < -0.3 is 10.6 Å². The van der Waals surface area contributed by atoms with E-state index in [0.29, 0.717) is 0 Å². The SMILES string of the molecule is CN1C(=O)C(N)C1F.Cl. The van der Waals surface area contributed by atoms with Crippen LogP contribution in [0.1, 0.15) is 0 Å². The number of alkyl halides is 1. The molecule has 1 aliphatic heterocycles. The van der Waals surface area contributed by atoms with Crippen molar-refractivity contribution in [3.8, 4) is 0 Å². The Hall–Kier alpha value is -0.350. The lowest BCUT2D eigenvalue weighted by Gasteiger charge is -2.36. The van der Waals surface area contributed by atoms with Crippen LogP contribution >= 0.6 is 12.4 Å². The molecule has 9 heavy (non-hydrogen) atoms. The second-order valence-corrected chi connectivity index (χ2v) is 1.85. The molecule has 0 aromatic heterocycles. The maximum atomic E-state index is 12.1. The molecule has 1 aliphatic rings. The number of hydrogen-bond acceptors (Lipinski definition) is 2. The summed E-state index contributed by atoms with van der Waals surface area (Å²) in [5.41, 5.74) is 4.99. The molecule has 2 N–H and O–H groups in total. The van der Waals surface area contributed by atoms with Crippen LogP contribution in [0, 0.1) is 0 Å². The Kier molecular flexibility index (Phi) is 2.40. The topological polar surface area (TPSA) is 46.3 Å². The first kappa shape index (κ1) is 8.65. The Morgan fingerprint density at radius 1 is 1.78 bits per heavy atom. The highest BCUT2D eigenvalue weighted by Crippen LogP contribution is 2.15. The van der Waals surface area contributed by atoms with Crippen molar-refractivity contribution in [2.75, 3.05) is 7.05 Å². The van der Waals surface area contributed by atoms with E-state index in [0.717, 1.165) is 4.90 Å². The summed E-state index contributed by atoms with van der Waals surface area (Å²) in [6.45, 7) is 0. The number of halogens is 2. The van der Waals surface area contributed by atoms with E-state index in [4.69, 9.17) is 5.73 Å². The summed E-state index contributed by atoms with van der Waals surface area (Å²) < 4.78 is 12.1. The van der Waals surface area contributed by atoms with Crippen molar-refractivity contribution in [1.82, 2.24) is 4.90 Å². The van der Waals surface area contributed by atoms with Gasteiger partial charge in [-0.25, -0.2) is 4.39 Å². The van der Waals surface area contributed by atoms with Gasteiger partial charge in [-0.05, 0) is 0 Å². The van der Waals surface area contributed by atoms with Crippen molar-refractivity contribution in [3.05, 3.63) is 0 Å². The van der Waals surface area contributed by atoms with E-state index in [1.807, 2.05) is 0 Å². The molecule has 1 fully saturated rings. The van der Waals surface area contributed by atoms with E-state index in [1.165, 1.54) is 7.05 Å². The van der Waals surface area contributed by atoms with Crippen molar-refractivity contribution in [2.45, 2.75) is 12.3 Å². The number of amides is 1. The predicted octanol–water partition coefficient (Wildman–Crippen LogP) is -0.497. The van der Waals surface area contributed by atoms with E-state index in [2.05, 4.69) is 0 Å². The third-order valence-corrected chi connectivity index (χ3v) is 1.30. The molecule has 0 radical (unpaired) electrons. The van der Waals surface area contributed by atoms with Crippen LogP contribution in [0.3, 0.4) is 0 Å². The fourth-order valence-electron chi connectivity index (χ4n) is 0.633. The fourth-order valence-corrected chi connectivity index (χ4v) is 0.633. The first-order valence-corrected chi connectivity index (χ1v) is 2.31. The monoisotopic (exact) mass is 154 g/mol. The number of hydrogen-bond donors (Lipinski definition) is 1. The quantitative estimate of drug-likeness (QED) is 0.378. The minimum Gasteiger partial charge on any atom is -0.316 e. The van der Waals surface area contributed by atoms with Crippen molar-refractivity contribution in [3.63, 3.8) is 0 Å². The predicted molar refractivity (Wildman–Crippen MR) is 32.9 cm³/mol. The summed E-state index contributed by atoms with van der Waals surface area (Å²) in [7, 11) is 1.39. The molecule has 2 unspecified atom stereocenters. The van der Waals surface area contributed by atoms with Crippen LogP contribution in [0.4, 0.5) is 4.39 Å². The molecule has 1 heterocycles. The summed E-state index contributed by atoms with van der Waals surface area (Å²) in [5, 5.41) is 0. The van der Waals surface area contributed by atoms with E-state index in [1.54, 1.807) is 0 Å². The van der Waals surface area contributed by atoms with Gasteiger partial charge in [0.2, 0.25) is 5.91 Å². The molecule has 54 valence electrons. The summed E-state index contributed by atoms with van der Waals surface area (Å²) >= 11 is 0. The van der Waals surface area contributed by atoms with Crippen LogP contribution in [0.25, 0.3) is 0 Å². The molecule has 0 bridgehead atoms. The molecule has 1 amide bonds. The van der Waals surface area contributed by atoms with Crippen LogP contribution in [0.15, 0.2) is 0 Å². The van der Waals surface area contributed by atoms with Gasteiger partial charge in [0.25, 0.3) is 0 Å². The molecule has 1 rings (SSSR count). The van der Waals surface area contributed by atoms with E-state index in [9.17, 15) is 9.18 Å². The van der Waals surface area contributed by atoms with Gasteiger partial charge in [-0.1, -0.05) is 0 Å². The molecular weight excluding hydrogens is 147 g/mol. The summed E-state index contributed by atoms with van der Waals surface area (Å²) in [5.74, 6) is -0.322. The second kappa shape index (κ2) is 2.49. The Bertz CT molecular complexity index is 120. The van der Waals surface area contributed by atoms with Crippen molar-refractivity contribution in [1.29, 1.82) is 0 Å². The van der Waals surface area contributed by atoms with E-state index < -0.39 is 12.3 Å². The number of nitrogens with zero attached hydrogens (tertiary/aromatic N) is 1. The molecule has 5 heteroatoms. The average Bonchev–Trinajstić information content (AvgIpc) is 1.83. The Morgan fingerprint density at radius 2 is 2.22 bits per heavy atom. The minimum atomic E-state index is -1.26. The van der Waals surface area contributed by atoms with E-state index in [-0.39, 0.29) is 18.3 Å². The Balaban J connectivity index is 0.000000640. The molecule has 0 saturated carbocycles. The molecule has 0 aromatic carbocycles. The van der Waals surface area contributed by atoms with Gasteiger partial charge in [0, 0.05) is 7.05 Å². The van der Waals surface area contributed by atoms with Crippen LogP contribution in [0.5, 0.6) is 0 Å². The first-order valence-electron chi connectivity index (χ1n) is 2.31. The van der Waals surface area contributed by atoms with Gasteiger partial charge in [0.1, 0.15) is 6.04 Å². The largest absolute Gasteiger partial charge is 0.316 e. The minimum absolute atomic E-state index is 0. The van der Waals surface area contributed by atoms with Crippen LogP contribution in [-0.4, -0.2) is 30.2 Å². The number of rotatable bonds is 0. The van der Waals surface area contributed by atoms with Gasteiger partial charge in [-0.3, -0.25) is 4.79 Å². The number of nitrogens with two attached hydrogens (primary N) is 1. The van der Waals surface area contributed by atoms with Crippen molar-refractivity contribution in [2.24, 2.45) is 5.73 Å². The van der Waals surface area contributed by atoms with Gasteiger partial charge in [0.05, 0.1) is 0 Å². The van der Waals surface area contributed by atoms with Crippen LogP contribution < -0.4 is 5.73 Å². The van der Waals surface area contributed by atoms with E-state index >= 15 is 0 Å². The van der Waals surface area contributed by atoms with Crippen molar-refractivity contribution < 1.29 is 9.18 Å². The second-order valence-electron chi connectivity index (χ2n) is 1.85. The van der Waals surface area contributed by atoms with Gasteiger partial charge in [-0.2, -0.15) is 0 Å². The molecule has 3 nitrogen and oxygen atoms in total. The van der Waals surface area contributed by atoms with Gasteiger partial charge in [0.15, 0.2) is 6.30 Å². The fraction of sp³-hybridized carbons (Fsp3) is 0.750. The number of carbonyl (C=O) groups excluding carboxylic acids is 1. The lowest BCUT2D eigenvalue weighted by Crippen LogP contribution is -2.64. The third-order valence-electron chi connectivity index (χ3n) is 1.30. The third kappa shape index (κ3) is 0.997. The molecule has 0 aliphatic carbocycles. The highest BCUT2D eigenvalue weighted by molar-refractivity contribution is 5.88. The summed E-state index contributed by atoms with van der Waals surface area (Å²) in [4.78, 5) is 11.3. The zero-order chi connectivity index (χ0) is 6.31. The van der Waals surface area contributed by atoms with Crippen LogP contribution in [-0.2, 0) is 4.79 Å². The highest BCUT2D eigenvalue weighted by Gasteiger charge is 2.42.